The molecular weight excluding hydrogens is 591 g/mol. The van der Waals surface area contributed by atoms with Gasteiger partial charge in [0.1, 0.15) is 6.61 Å². The van der Waals surface area contributed by atoms with Gasteiger partial charge in [0.25, 0.3) is 5.69 Å². The molecule has 1 saturated heterocycles. The van der Waals surface area contributed by atoms with Crippen LogP contribution in [-0.4, -0.2) is 37.3 Å². The molecule has 45 heavy (non-hydrogen) atoms. The maximum atomic E-state index is 14.4. The highest BCUT2D eigenvalue weighted by atomic mass is 31.2. The number of nitro benzene ring substituents is 1. The Morgan fingerprint density at radius 2 is 1.62 bits per heavy atom. The Bertz CT molecular complexity index is 1650. The number of carbonyl (C=O) groups is 1. The summed E-state index contributed by atoms with van der Waals surface area (Å²) in [6.07, 6.45) is 0.370. The van der Waals surface area contributed by atoms with E-state index in [2.05, 4.69) is 17.0 Å². The van der Waals surface area contributed by atoms with Gasteiger partial charge in [0.2, 0.25) is 0 Å². The Morgan fingerprint density at radius 1 is 0.978 bits per heavy atom. The van der Waals surface area contributed by atoms with Crippen molar-refractivity contribution in [1.29, 1.82) is 0 Å². The van der Waals surface area contributed by atoms with Crippen LogP contribution in [0.2, 0.25) is 0 Å². The van der Waals surface area contributed by atoms with Gasteiger partial charge in [0, 0.05) is 41.3 Å². The largest absolute Gasteiger partial charge is 0.460 e. The molecule has 1 fully saturated rings. The highest BCUT2D eigenvalue weighted by Gasteiger charge is 2.48. The van der Waals surface area contributed by atoms with Gasteiger partial charge in [-0.25, -0.2) is 4.79 Å². The zero-order valence-electron chi connectivity index (χ0n) is 26.1. The molecule has 1 aliphatic carbocycles. The number of benzene rings is 3. The van der Waals surface area contributed by atoms with E-state index in [0.29, 0.717) is 36.0 Å². The number of esters is 1. The number of anilines is 1. The third-order valence-corrected chi connectivity index (χ3v) is 10.3. The van der Waals surface area contributed by atoms with Crippen LogP contribution in [0.25, 0.3) is 0 Å². The number of allylic oxidation sites excluding steroid dienone is 3. The van der Waals surface area contributed by atoms with Gasteiger partial charge in [-0.3, -0.25) is 14.7 Å². The molecule has 10 heteroatoms. The number of nitrogens with zero attached hydrogens (tertiary/aromatic N) is 2. The fraction of sp³-hybridized carbons (Fsp3) is 0.343. The Labute approximate surface area is 264 Å². The topological polar surface area (TPSA) is 108 Å². The lowest BCUT2D eigenvalue weighted by molar-refractivity contribution is -0.384. The third kappa shape index (κ3) is 7.44. The van der Waals surface area contributed by atoms with E-state index in [1.807, 2.05) is 76.2 Å². The number of carbonyl (C=O) groups excluding carboxylic acids is 1. The smallest absolute Gasteiger partial charge is 0.358 e. The first-order valence-corrected chi connectivity index (χ1v) is 16.6. The van der Waals surface area contributed by atoms with E-state index in [0.717, 1.165) is 22.4 Å². The number of nitro groups is 1. The molecule has 5 rings (SSSR count). The van der Waals surface area contributed by atoms with Gasteiger partial charge < -0.3 is 18.7 Å². The van der Waals surface area contributed by atoms with Crippen molar-refractivity contribution >= 4 is 24.9 Å². The van der Waals surface area contributed by atoms with Crippen molar-refractivity contribution in [1.82, 2.24) is 0 Å². The van der Waals surface area contributed by atoms with Crippen molar-refractivity contribution in [3.8, 4) is 0 Å². The van der Waals surface area contributed by atoms with Crippen LogP contribution in [0.15, 0.2) is 107 Å². The summed E-state index contributed by atoms with van der Waals surface area (Å²) in [6.45, 7) is 9.17. The Balaban J connectivity index is 1.44. The van der Waals surface area contributed by atoms with E-state index in [-0.39, 0.29) is 30.9 Å². The average molecular weight is 631 g/mol. The second kappa shape index (κ2) is 13.5. The first-order valence-electron chi connectivity index (χ1n) is 15.0. The lowest BCUT2D eigenvalue weighted by Gasteiger charge is -2.39. The van der Waals surface area contributed by atoms with Gasteiger partial charge in [-0.15, -0.1) is 0 Å². The summed E-state index contributed by atoms with van der Waals surface area (Å²) < 4.78 is 32.2. The zero-order valence-corrected chi connectivity index (χ0v) is 27.0. The van der Waals surface area contributed by atoms with Gasteiger partial charge >= 0.3 is 13.6 Å². The predicted octanol–water partition coefficient (Wildman–Crippen LogP) is 8.19. The molecule has 3 aromatic rings. The number of rotatable bonds is 10. The number of hydrogen-bond acceptors (Lipinski definition) is 8. The Kier molecular flexibility index (Phi) is 9.73. The van der Waals surface area contributed by atoms with Crippen molar-refractivity contribution in [2.45, 2.75) is 46.6 Å². The fourth-order valence-electron chi connectivity index (χ4n) is 5.85. The Morgan fingerprint density at radius 3 is 2.27 bits per heavy atom. The van der Waals surface area contributed by atoms with Crippen LogP contribution in [0.4, 0.5) is 11.4 Å². The molecule has 9 nitrogen and oxygen atoms in total. The molecule has 0 amide bonds. The summed E-state index contributed by atoms with van der Waals surface area (Å²) in [5.74, 6) is -1.46. The highest BCUT2D eigenvalue weighted by molar-refractivity contribution is 7.58. The minimum atomic E-state index is -3.85. The molecule has 0 radical (unpaired) electrons. The van der Waals surface area contributed by atoms with E-state index in [1.165, 1.54) is 12.1 Å². The summed E-state index contributed by atoms with van der Waals surface area (Å²) in [6, 6.07) is 26.0. The first kappa shape index (κ1) is 32.4. The number of ether oxygens (including phenoxy) is 1. The molecule has 0 N–H and O–H groups in total. The fourth-order valence-corrected chi connectivity index (χ4v) is 8.38. The Hall–Kier alpha value is -4.04. The average Bonchev–Trinajstić information content (AvgIpc) is 3.02. The quantitative estimate of drug-likeness (QED) is 0.0955. The van der Waals surface area contributed by atoms with Crippen molar-refractivity contribution < 1.29 is 28.1 Å². The normalized spacial score (nSPS) is 19.2. The molecule has 0 spiro atoms. The zero-order chi connectivity index (χ0) is 32.2. The van der Waals surface area contributed by atoms with Crippen molar-refractivity contribution in [2.24, 2.45) is 5.41 Å². The molecule has 1 heterocycles. The monoisotopic (exact) mass is 630 g/mol. The third-order valence-electron chi connectivity index (χ3n) is 8.10. The molecule has 236 valence electrons. The number of non-ortho nitro benzene ring substituents is 1. The van der Waals surface area contributed by atoms with Crippen LogP contribution in [0.5, 0.6) is 0 Å². The summed E-state index contributed by atoms with van der Waals surface area (Å²) in [4.78, 5) is 27.4. The van der Waals surface area contributed by atoms with Crippen LogP contribution in [-0.2, 0) is 29.7 Å². The number of hydrogen-bond donors (Lipinski definition) is 0. The molecule has 1 atom stereocenters. The molecule has 0 bridgehead atoms. The van der Waals surface area contributed by atoms with Crippen molar-refractivity contribution in [2.75, 3.05) is 31.3 Å². The van der Waals surface area contributed by atoms with Crippen LogP contribution < -0.4 is 4.90 Å². The lowest BCUT2D eigenvalue weighted by atomic mass is 9.80. The van der Waals surface area contributed by atoms with Crippen LogP contribution in [0, 0.1) is 15.5 Å². The highest BCUT2D eigenvalue weighted by Crippen LogP contribution is 2.67. The molecule has 0 aromatic heterocycles. The molecular formula is C35H39N2O7P. The number of para-hydroxylation sites is 1. The van der Waals surface area contributed by atoms with Gasteiger partial charge in [-0.2, -0.15) is 0 Å². The SMILES string of the molecule is CC1=C(C(=O)OCCN(Cc2ccccc2)c2ccccc2)C(c2cccc([N+](=O)[O-])c2)C(P2(=O)OCC(C)(C)CO2)=C(C)C1. The van der Waals surface area contributed by atoms with Crippen molar-refractivity contribution in [3.05, 3.63) is 128 Å². The van der Waals surface area contributed by atoms with E-state index in [9.17, 15) is 19.5 Å². The molecule has 1 unspecified atom stereocenters. The van der Waals surface area contributed by atoms with E-state index in [1.54, 1.807) is 12.1 Å². The van der Waals surface area contributed by atoms with Gasteiger partial charge in [-0.05, 0) is 43.5 Å². The van der Waals surface area contributed by atoms with E-state index >= 15 is 0 Å². The van der Waals surface area contributed by atoms with Gasteiger partial charge in [0.15, 0.2) is 0 Å². The standard InChI is InChI=1S/C35H39N2O7P/c1-25-20-26(2)33(45(41)43-23-35(3,4)24-44-45)32(28-14-11-17-30(21-28)37(39)40)31(25)34(38)42-19-18-36(29-15-9-6-10-16-29)22-27-12-7-5-8-13-27/h5-17,21,32H,18-20,22-24H2,1-4H3. The van der Waals surface area contributed by atoms with Crippen molar-refractivity contribution in [3.63, 3.8) is 0 Å². The van der Waals surface area contributed by atoms with Crippen LogP contribution in [0.1, 0.15) is 51.2 Å². The van der Waals surface area contributed by atoms with E-state index in [4.69, 9.17) is 13.8 Å². The van der Waals surface area contributed by atoms with Crippen LogP contribution >= 0.6 is 7.60 Å². The predicted molar refractivity (Wildman–Crippen MR) is 174 cm³/mol. The molecule has 1 aliphatic heterocycles. The summed E-state index contributed by atoms with van der Waals surface area (Å²) in [5.41, 5.74) is 3.89. The maximum Gasteiger partial charge on any atom is 0.358 e. The first-order chi connectivity index (χ1) is 21.5. The van der Waals surface area contributed by atoms with E-state index < -0.39 is 24.4 Å². The lowest BCUT2D eigenvalue weighted by Crippen LogP contribution is -2.32. The summed E-state index contributed by atoms with van der Waals surface area (Å²) in [7, 11) is -3.85. The minimum absolute atomic E-state index is 0.0931. The molecule has 0 saturated carbocycles. The minimum Gasteiger partial charge on any atom is -0.460 e. The maximum absolute atomic E-state index is 14.4. The van der Waals surface area contributed by atoms with Gasteiger partial charge in [-0.1, -0.05) is 85.7 Å². The summed E-state index contributed by atoms with van der Waals surface area (Å²) in [5, 5.41) is 12.1. The van der Waals surface area contributed by atoms with Crippen LogP contribution in [0.3, 0.4) is 0 Å². The summed E-state index contributed by atoms with van der Waals surface area (Å²) >= 11 is 0. The molecule has 2 aliphatic rings. The molecule has 3 aromatic carbocycles. The second-order valence-electron chi connectivity index (χ2n) is 12.4. The van der Waals surface area contributed by atoms with Gasteiger partial charge in [0.05, 0.1) is 30.0 Å². The second-order valence-corrected chi connectivity index (χ2v) is 14.4.